The molecule has 1 fully saturated rings. The second kappa shape index (κ2) is 6.36. The second-order valence-corrected chi connectivity index (χ2v) is 8.70. The third-order valence-corrected chi connectivity index (χ3v) is 5.86. The zero-order valence-electron chi connectivity index (χ0n) is 13.5. The number of carbonyl (C=O) groups is 1. The summed E-state index contributed by atoms with van der Waals surface area (Å²) in [7, 11) is 0. The van der Waals surface area contributed by atoms with Gasteiger partial charge in [-0.15, -0.1) is 0 Å². The van der Waals surface area contributed by atoms with E-state index in [1.54, 1.807) is 28.9 Å². The van der Waals surface area contributed by atoms with Crippen LogP contribution < -0.4 is 5.73 Å². The first-order valence-corrected chi connectivity index (χ1v) is 9.25. The number of carbonyl (C=O) groups excluding carboxylic acids is 1. The Hall–Kier alpha value is -1.20. The number of hydrogen-bond acceptors (Lipinski definition) is 4. The normalized spacial score (nSPS) is 21.3. The van der Waals surface area contributed by atoms with E-state index >= 15 is 0 Å². The largest absolute Gasteiger partial charge is 0.398 e. The number of halogens is 1. The third-order valence-electron chi connectivity index (χ3n) is 4.46. The molecule has 4 nitrogen and oxygen atoms in total. The SMILES string of the molecule is CC1(C)SC(c2cc(Cl)ccc2N)=NN1C(=O)C1CCCCC1. The number of hydrogen-bond donors (Lipinski definition) is 1. The molecular weight excluding hydrogens is 330 g/mol. The van der Waals surface area contributed by atoms with Crippen molar-refractivity contribution in [1.29, 1.82) is 0 Å². The summed E-state index contributed by atoms with van der Waals surface area (Å²) in [5, 5.41) is 7.65. The summed E-state index contributed by atoms with van der Waals surface area (Å²) < 4.78 is 0. The molecule has 0 aromatic heterocycles. The molecule has 1 saturated carbocycles. The Bertz CT molecular complexity index is 653. The van der Waals surface area contributed by atoms with Crippen LogP contribution in [0.3, 0.4) is 0 Å². The highest BCUT2D eigenvalue weighted by Crippen LogP contribution is 2.42. The van der Waals surface area contributed by atoms with Gasteiger partial charge in [-0.25, -0.2) is 5.01 Å². The molecular formula is C17H22ClN3OS. The molecule has 1 aromatic carbocycles. The maximum Gasteiger partial charge on any atom is 0.247 e. The van der Waals surface area contributed by atoms with Gasteiger partial charge in [0, 0.05) is 22.2 Å². The molecule has 1 aliphatic heterocycles. The standard InChI is InChI=1S/C17H22ClN3OS/c1-17(2)21(16(22)11-6-4-3-5-7-11)20-15(23-17)13-10-12(18)8-9-14(13)19/h8-11H,3-7,19H2,1-2H3. The molecule has 1 amide bonds. The minimum Gasteiger partial charge on any atom is -0.398 e. The zero-order valence-corrected chi connectivity index (χ0v) is 15.1. The van der Waals surface area contributed by atoms with Crippen LogP contribution in [0.25, 0.3) is 0 Å². The topological polar surface area (TPSA) is 58.7 Å². The summed E-state index contributed by atoms with van der Waals surface area (Å²) in [6, 6.07) is 5.35. The lowest BCUT2D eigenvalue weighted by Crippen LogP contribution is -2.42. The lowest BCUT2D eigenvalue weighted by Gasteiger charge is -2.31. The highest BCUT2D eigenvalue weighted by Gasteiger charge is 2.42. The molecule has 1 heterocycles. The van der Waals surface area contributed by atoms with Crippen molar-refractivity contribution in [1.82, 2.24) is 5.01 Å². The van der Waals surface area contributed by atoms with Crippen molar-refractivity contribution in [2.75, 3.05) is 5.73 Å². The number of benzene rings is 1. The van der Waals surface area contributed by atoms with Gasteiger partial charge in [0.25, 0.3) is 0 Å². The van der Waals surface area contributed by atoms with E-state index in [1.165, 1.54) is 6.42 Å². The molecule has 0 radical (unpaired) electrons. The quantitative estimate of drug-likeness (QED) is 0.799. The van der Waals surface area contributed by atoms with Crippen LogP contribution in [-0.4, -0.2) is 20.8 Å². The van der Waals surface area contributed by atoms with Crippen LogP contribution in [-0.2, 0) is 4.79 Å². The number of nitrogens with zero attached hydrogens (tertiary/aromatic N) is 2. The monoisotopic (exact) mass is 351 g/mol. The van der Waals surface area contributed by atoms with E-state index in [0.717, 1.165) is 36.3 Å². The van der Waals surface area contributed by atoms with Crippen molar-refractivity contribution in [3.8, 4) is 0 Å². The van der Waals surface area contributed by atoms with E-state index in [1.807, 2.05) is 19.9 Å². The molecule has 0 atom stereocenters. The fraction of sp³-hybridized carbons (Fsp3) is 0.529. The smallest absolute Gasteiger partial charge is 0.247 e. The van der Waals surface area contributed by atoms with Crippen LogP contribution in [0.15, 0.2) is 23.3 Å². The van der Waals surface area contributed by atoms with Gasteiger partial charge in [-0.05, 0) is 44.9 Å². The molecule has 0 spiro atoms. The van der Waals surface area contributed by atoms with Crippen molar-refractivity contribution in [3.05, 3.63) is 28.8 Å². The van der Waals surface area contributed by atoms with Crippen molar-refractivity contribution in [3.63, 3.8) is 0 Å². The highest BCUT2D eigenvalue weighted by atomic mass is 35.5. The number of nitrogen functional groups attached to an aromatic ring is 1. The molecule has 1 aliphatic carbocycles. The van der Waals surface area contributed by atoms with Gasteiger partial charge in [0.1, 0.15) is 9.91 Å². The first-order chi connectivity index (χ1) is 10.9. The first kappa shape index (κ1) is 16.7. The van der Waals surface area contributed by atoms with E-state index in [2.05, 4.69) is 5.10 Å². The predicted octanol–water partition coefficient (Wildman–Crippen LogP) is 4.48. The Labute approximate surface area is 146 Å². The van der Waals surface area contributed by atoms with Crippen LogP contribution in [0.5, 0.6) is 0 Å². The van der Waals surface area contributed by atoms with Crippen molar-refractivity contribution < 1.29 is 4.79 Å². The number of thioether (sulfide) groups is 1. The molecule has 6 heteroatoms. The van der Waals surface area contributed by atoms with Crippen molar-refractivity contribution >= 4 is 40.0 Å². The van der Waals surface area contributed by atoms with Crippen LogP contribution >= 0.6 is 23.4 Å². The van der Waals surface area contributed by atoms with E-state index in [0.29, 0.717) is 10.7 Å². The maximum absolute atomic E-state index is 12.9. The summed E-state index contributed by atoms with van der Waals surface area (Å²) in [5.41, 5.74) is 7.49. The summed E-state index contributed by atoms with van der Waals surface area (Å²) in [4.78, 5) is 12.5. The summed E-state index contributed by atoms with van der Waals surface area (Å²) >= 11 is 7.65. The molecule has 124 valence electrons. The molecule has 1 aromatic rings. The van der Waals surface area contributed by atoms with Gasteiger partial charge in [0.05, 0.1) is 0 Å². The Morgan fingerprint density at radius 2 is 2.04 bits per heavy atom. The first-order valence-electron chi connectivity index (χ1n) is 8.05. The molecule has 0 saturated heterocycles. The van der Waals surface area contributed by atoms with Crippen molar-refractivity contribution in [2.24, 2.45) is 11.0 Å². The Morgan fingerprint density at radius 1 is 1.35 bits per heavy atom. The lowest BCUT2D eigenvalue weighted by atomic mass is 9.88. The van der Waals surface area contributed by atoms with Crippen LogP contribution in [0.2, 0.25) is 5.02 Å². The zero-order chi connectivity index (χ0) is 16.6. The Balaban J connectivity index is 1.89. The fourth-order valence-corrected chi connectivity index (χ4v) is 4.44. The second-order valence-electron chi connectivity index (χ2n) is 6.67. The summed E-state index contributed by atoms with van der Waals surface area (Å²) in [6.45, 7) is 4.05. The van der Waals surface area contributed by atoms with Gasteiger partial charge in [-0.2, -0.15) is 5.10 Å². The van der Waals surface area contributed by atoms with Gasteiger partial charge in [0.15, 0.2) is 0 Å². The van der Waals surface area contributed by atoms with Gasteiger partial charge >= 0.3 is 0 Å². The van der Waals surface area contributed by atoms with Gasteiger partial charge in [-0.1, -0.05) is 42.6 Å². The van der Waals surface area contributed by atoms with E-state index in [-0.39, 0.29) is 11.8 Å². The van der Waals surface area contributed by atoms with E-state index in [4.69, 9.17) is 17.3 Å². The molecule has 0 bridgehead atoms. The number of hydrazone groups is 1. The minimum atomic E-state index is -0.404. The highest BCUT2D eigenvalue weighted by molar-refractivity contribution is 8.15. The van der Waals surface area contributed by atoms with E-state index < -0.39 is 4.87 Å². The fourth-order valence-electron chi connectivity index (χ4n) is 3.17. The molecule has 0 unspecified atom stereocenters. The lowest BCUT2D eigenvalue weighted by molar-refractivity contribution is -0.139. The number of nitrogens with two attached hydrogens (primary N) is 1. The summed E-state index contributed by atoms with van der Waals surface area (Å²) in [5.74, 6) is 0.237. The number of anilines is 1. The van der Waals surface area contributed by atoms with Crippen molar-refractivity contribution in [2.45, 2.75) is 50.8 Å². The van der Waals surface area contributed by atoms with Crippen LogP contribution in [0.4, 0.5) is 5.69 Å². The average Bonchev–Trinajstić information content (AvgIpc) is 2.85. The predicted molar refractivity (Wildman–Crippen MR) is 97.5 cm³/mol. The molecule has 3 rings (SSSR count). The number of rotatable bonds is 2. The molecule has 2 N–H and O–H groups in total. The van der Waals surface area contributed by atoms with Crippen LogP contribution in [0, 0.1) is 5.92 Å². The Morgan fingerprint density at radius 3 is 2.74 bits per heavy atom. The maximum atomic E-state index is 12.9. The van der Waals surface area contributed by atoms with E-state index in [9.17, 15) is 4.79 Å². The Kier molecular flexibility index (Phi) is 4.61. The number of amides is 1. The van der Waals surface area contributed by atoms with Gasteiger partial charge in [0.2, 0.25) is 5.91 Å². The average molecular weight is 352 g/mol. The van der Waals surface area contributed by atoms with Crippen LogP contribution in [0.1, 0.15) is 51.5 Å². The third kappa shape index (κ3) is 3.36. The van der Waals surface area contributed by atoms with Gasteiger partial charge in [-0.3, -0.25) is 4.79 Å². The molecule has 2 aliphatic rings. The minimum absolute atomic E-state index is 0.100. The van der Waals surface area contributed by atoms with Gasteiger partial charge < -0.3 is 5.73 Å². The molecule has 23 heavy (non-hydrogen) atoms. The summed E-state index contributed by atoms with van der Waals surface area (Å²) in [6.07, 6.45) is 5.45.